The van der Waals surface area contributed by atoms with E-state index < -0.39 is 0 Å². The van der Waals surface area contributed by atoms with Gasteiger partial charge in [0.25, 0.3) is 5.91 Å². The zero-order valence-corrected chi connectivity index (χ0v) is 15.6. The topological polar surface area (TPSA) is 58.4 Å². The van der Waals surface area contributed by atoms with Crippen molar-refractivity contribution in [1.29, 1.82) is 0 Å². The Morgan fingerprint density at radius 3 is 2.72 bits per heavy atom. The number of amides is 1. The molecule has 0 atom stereocenters. The Hall–Kier alpha value is -2.44. The standard InChI is InChI=1S/C19H21N3O2S/c1-12-8-9-16(24-12)19-20-13(2)17(25-19)18(23)21-15-7-5-6-14(10-15)11-22(3)4/h5-10H,11H2,1-4H3,(H,21,23). The number of aryl methyl sites for hydroxylation is 2. The molecule has 2 heterocycles. The molecule has 0 aliphatic rings. The van der Waals surface area contributed by atoms with E-state index in [9.17, 15) is 4.79 Å². The highest BCUT2D eigenvalue weighted by Crippen LogP contribution is 2.29. The van der Waals surface area contributed by atoms with Gasteiger partial charge in [0, 0.05) is 12.2 Å². The number of anilines is 1. The molecular weight excluding hydrogens is 334 g/mol. The number of benzene rings is 1. The Balaban J connectivity index is 1.79. The van der Waals surface area contributed by atoms with E-state index in [0.29, 0.717) is 16.3 Å². The maximum Gasteiger partial charge on any atom is 0.267 e. The average molecular weight is 355 g/mol. The third-order valence-electron chi connectivity index (χ3n) is 3.64. The van der Waals surface area contributed by atoms with Crippen molar-refractivity contribution >= 4 is 22.9 Å². The molecule has 2 aromatic heterocycles. The molecule has 3 aromatic rings. The van der Waals surface area contributed by atoms with Crippen LogP contribution in [0.2, 0.25) is 0 Å². The first-order valence-electron chi connectivity index (χ1n) is 8.01. The summed E-state index contributed by atoms with van der Waals surface area (Å²) in [6, 6.07) is 11.6. The van der Waals surface area contributed by atoms with Gasteiger partial charge in [0.15, 0.2) is 10.8 Å². The molecule has 1 amide bonds. The van der Waals surface area contributed by atoms with Crippen LogP contribution in [-0.2, 0) is 6.54 Å². The molecule has 0 saturated heterocycles. The first-order valence-corrected chi connectivity index (χ1v) is 8.83. The molecule has 25 heavy (non-hydrogen) atoms. The number of carbonyl (C=O) groups excluding carboxylic acids is 1. The number of hydrogen-bond acceptors (Lipinski definition) is 5. The summed E-state index contributed by atoms with van der Waals surface area (Å²) in [5.41, 5.74) is 2.64. The normalized spacial score (nSPS) is 11.1. The summed E-state index contributed by atoms with van der Waals surface area (Å²) >= 11 is 1.34. The van der Waals surface area contributed by atoms with E-state index in [4.69, 9.17) is 4.42 Å². The van der Waals surface area contributed by atoms with E-state index in [0.717, 1.165) is 28.6 Å². The molecule has 0 fully saturated rings. The van der Waals surface area contributed by atoms with Crippen LogP contribution in [0.1, 0.15) is 26.7 Å². The van der Waals surface area contributed by atoms with Crippen LogP contribution in [-0.4, -0.2) is 29.9 Å². The predicted octanol–water partition coefficient (Wildman–Crippen LogP) is 4.33. The molecule has 1 aromatic carbocycles. The minimum absolute atomic E-state index is 0.147. The fourth-order valence-corrected chi connectivity index (χ4v) is 3.49. The Kier molecular flexibility index (Phi) is 5.01. The molecule has 0 radical (unpaired) electrons. The monoisotopic (exact) mass is 355 g/mol. The Morgan fingerprint density at radius 1 is 1.24 bits per heavy atom. The molecular formula is C19H21N3O2S. The molecule has 0 aliphatic carbocycles. The van der Waals surface area contributed by atoms with E-state index in [1.807, 2.05) is 64.3 Å². The largest absolute Gasteiger partial charge is 0.459 e. The Morgan fingerprint density at radius 2 is 2.04 bits per heavy atom. The highest BCUT2D eigenvalue weighted by atomic mass is 32.1. The quantitative estimate of drug-likeness (QED) is 0.740. The minimum atomic E-state index is -0.147. The van der Waals surface area contributed by atoms with Crippen LogP contribution in [0.15, 0.2) is 40.8 Å². The number of hydrogen-bond donors (Lipinski definition) is 1. The first-order chi connectivity index (χ1) is 11.9. The van der Waals surface area contributed by atoms with E-state index >= 15 is 0 Å². The minimum Gasteiger partial charge on any atom is -0.459 e. The van der Waals surface area contributed by atoms with Gasteiger partial charge in [-0.15, -0.1) is 11.3 Å². The maximum absolute atomic E-state index is 12.6. The van der Waals surface area contributed by atoms with Crippen molar-refractivity contribution in [2.24, 2.45) is 0 Å². The molecule has 6 heteroatoms. The lowest BCUT2D eigenvalue weighted by atomic mass is 10.2. The van der Waals surface area contributed by atoms with Gasteiger partial charge < -0.3 is 14.6 Å². The van der Waals surface area contributed by atoms with Crippen LogP contribution in [0.4, 0.5) is 5.69 Å². The van der Waals surface area contributed by atoms with E-state index in [2.05, 4.69) is 15.2 Å². The summed E-state index contributed by atoms with van der Waals surface area (Å²) in [4.78, 5) is 19.8. The molecule has 130 valence electrons. The number of rotatable bonds is 5. The first kappa shape index (κ1) is 17.4. The van der Waals surface area contributed by atoms with Crippen LogP contribution in [0.5, 0.6) is 0 Å². The summed E-state index contributed by atoms with van der Waals surface area (Å²) in [5.74, 6) is 1.37. The van der Waals surface area contributed by atoms with Gasteiger partial charge in [-0.25, -0.2) is 4.98 Å². The number of carbonyl (C=O) groups is 1. The fourth-order valence-electron chi connectivity index (χ4n) is 2.56. The number of aromatic nitrogens is 1. The molecule has 1 N–H and O–H groups in total. The fraction of sp³-hybridized carbons (Fsp3) is 0.263. The molecule has 0 bridgehead atoms. The number of nitrogens with zero attached hydrogens (tertiary/aromatic N) is 2. The van der Waals surface area contributed by atoms with Crippen LogP contribution >= 0.6 is 11.3 Å². The SMILES string of the molecule is Cc1ccc(-c2nc(C)c(C(=O)Nc3cccc(CN(C)C)c3)s2)o1. The van der Waals surface area contributed by atoms with Crippen molar-refractivity contribution in [2.75, 3.05) is 19.4 Å². The van der Waals surface area contributed by atoms with Crippen molar-refractivity contribution in [3.63, 3.8) is 0 Å². The summed E-state index contributed by atoms with van der Waals surface area (Å²) in [7, 11) is 4.04. The number of furan rings is 1. The van der Waals surface area contributed by atoms with Crippen molar-refractivity contribution in [3.05, 3.63) is 58.3 Å². The van der Waals surface area contributed by atoms with Crippen molar-refractivity contribution in [1.82, 2.24) is 9.88 Å². The van der Waals surface area contributed by atoms with Gasteiger partial charge in [0.2, 0.25) is 0 Å². The summed E-state index contributed by atoms with van der Waals surface area (Å²) in [6.07, 6.45) is 0. The van der Waals surface area contributed by atoms with Crippen molar-refractivity contribution in [3.8, 4) is 10.8 Å². The third kappa shape index (κ3) is 4.15. The van der Waals surface area contributed by atoms with Gasteiger partial charge in [0.1, 0.15) is 10.6 Å². The lowest BCUT2D eigenvalue weighted by molar-refractivity contribution is 0.103. The average Bonchev–Trinajstić information content (AvgIpc) is 3.13. The van der Waals surface area contributed by atoms with Gasteiger partial charge in [0.05, 0.1) is 5.69 Å². The zero-order chi connectivity index (χ0) is 18.0. The highest BCUT2D eigenvalue weighted by molar-refractivity contribution is 7.17. The van der Waals surface area contributed by atoms with Crippen LogP contribution < -0.4 is 5.32 Å². The lowest BCUT2D eigenvalue weighted by Gasteiger charge is -2.11. The van der Waals surface area contributed by atoms with Crippen LogP contribution in [0.3, 0.4) is 0 Å². The molecule has 5 nitrogen and oxygen atoms in total. The smallest absolute Gasteiger partial charge is 0.267 e. The van der Waals surface area contributed by atoms with Gasteiger partial charge in [-0.3, -0.25) is 4.79 Å². The predicted molar refractivity (Wildman–Crippen MR) is 101 cm³/mol. The van der Waals surface area contributed by atoms with Crippen LogP contribution in [0.25, 0.3) is 10.8 Å². The van der Waals surface area contributed by atoms with E-state index in [1.165, 1.54) is 11.3 Å². The molecule has 0 spiro atoms. The van der Waals surface area contributed by atoms with Crippen molar-refractivity contribution in [2.45, 2.75) is 20.4 Å². The van der Waals surface area contributed by atoms with Gasteiger partial charge in [-0.1, -0.05) is 12.1 Å². The Bertz CT molecular complexity index is 896. The molecule has 0 aliphatic heterocycles. The van der Waals surface area contributed by atoms with Gasteiger partial charge >= 0.3 is 0 Å². The maximum atomic E-state index is 12.6. The molecule has 0 unspecified atom stereocenters. The summed E-state index contributed by atoms with van der Waals surface area (Å²) < 4.78 is 5.60. The third-order valence-corrected chi connectivity index (χ3v) is 4.81. The van der Waals surface area contributed by atoms with Gasteiger partial charge in [-0.2, -0.15) is 0 Å². The highest BCUT2D eigenvalue weighted by Gasteiger charge is 2.18. The second-order valence-corrected chi connectivity index (χ2v) is 7.24. The molecule has 0 saturated carbocycles. The Labute approximate surface area is 151 Å². The van der Waals surface area contributed by atoms with Crippen molar-refractivity contribution < 1.29 is 9.21 Å². The number of nitrogens with one attached hydrogen (secondary N) is 1. The summed E-state index contributed by atoms with van der Waals surface area (Å²) in [6.45, 7) is 4.55. The second-order valence-electron chi connectivity index (χ2n) is 6.24. The number of thiazole rings is 1. The van der Waals surface area contributed by atoms with E-state index in [-0.39, 0.29) is 5.91 Å². The lowest BCUT2D eigenvalue weighted by Crippen LogP contribution is -2.13. The van der Waals surface area contributed by atoms with Gasteiger partial charge in [-0.05, 0) is 57.8 Å². The van der Waals surface area contributed by atoms with E-state index in [1.54, 1.807) is 0 Å². The second kappa shape index (κ2) is 7.21. The summed E-state index contributed by atoms with van der Waals surface area (Å²) in [5, 5.41) is 3.68. The zero-order valence-electron chi connectivity index (χ0n) is 14.8. The van der Waals surface area contributed by atoms with Crippen LogP contribution in [0, 0.1) is 13.8 Å². The molecule has 3 rings (SSSR count).